The Morgan fingerprint density at radius 1 is 0.535 bits per heavy atom. The lowest BCUT2D eigenvalue weighted by Gasteiger charge is -2.33. The minimum atomic E-state index is -3.81. The number of fused-ring (bicyclic) bond motifs is 2. The summed E-state index contributed by atoms with van der Waals surface area (Å²) < 4.78 is 84.8. The molecule has 17 nitrogen and oxygen atoms in total. The predicted molar refractivity (Wildman–Crippen MR) is 273 cm³/mol. The van der Waals surface area contributed by atoms with Gasteiger partial charge in [-0.15, -0.1) is 0 Å². The molecule has 0 saturated heterocycles. The van der Waals surface area contributed by atoms with Gasteiger partial charge in [0.2, 0.25) is 31.9 Å². The summed E-state index contributed by atoms with van der Waals surface area (Å²) >= 11 is 25.7. The Bertz CT molecular complexity index is 2490. The van der Waals surface area contributed by atoms with Crippen molar-refractivity contribution in [3.63, 3.8) is 0 Å². The minimum absolute atomic E-state index is 0.0600. The average molecular weight is 1100 g/mol. The molecule has 4 aromatic carbocycles. The summed E-state index contributed by atoms with van der Waals surface area (Å²) in [5, 5.41) is 7.50. The van der Waals surface area contributed by atoms with Gasteiger partial charge in [-0.05, 0) is 96.0 Å². The number of carbonyl (C=O) groups is 2. The van der Waals surface area contributed by atoms with Gasteiger partial charge in [-0.2, -0.15) is 0 Å². The molecule has 0 spiro atoms. The van der Waals surface area contributed by atoms with Crippen LogP contribution in [0.1, 0.15) is 45.2 Å². The highest BCUT2D eigenvalue weighted by atomic mass is 35.5. The van der Waals surface area contributed by atoms with Crippen LogP contribution in [-0.4, -0.2) is 158 Å². The zero-order valence-corrected chi connectivity index (χ0v) is 44.2. The van der Waals surface area contributed by atoms with Gasteiger partial charge in [0.25, 0.3) is 0 Å². The van der Waals surface area contributed by atoms with Crippen LogP contribution in [0.2, 0.25) is 20.1 Å². The van der Waals surface area contributed by atoms with Crippen LogP contribution < -0.4 is 20.1 Å². The first kappa shape index (κ1) is 56.8. The van der Waals surface area contributed by atoms with E-state index in [9.17, 15) is 26.4 Å². The fraction of sp³-hybridized carbons (Fsp3) is 0.458. The molecule has 0 aliphatic carbocycles. The highest BCUT2D eigenvalue weighted by Crippen LogP contribution is 2.40. The average Bonchev–Trinajstić information content (AvgIpc) is 3.33. The van der Waals surface area contributed by atoms with Crippen molar-refractivity contribution in [2.24, 2.45) is 0 Å². The SMILES string of the molecule is CN1Cc2c(Cl)cc(Cl)cc2C(c2cccc(S(=O)(=O)NCCOCCOCCNC(=O)COCC(=O)NCCOCCOCCNS(=O)(=O)c3cccc(C4CN(C)Cc5c(Cl)cc(Cl)cc54)c3)c2)C1. The number of rotatable bonds is 28. The second-order valence-corrected chi connectivity index (χ2v) is 22.2. The first-order chi connectivity index (χ1) is 34.0. The van der Waals surface area contributed by atoms with E-state index in [2.05, 4.69) is 29.9 Å². The maximum absolute atomic E-state index is 13.1. The van der Waals surface area contributed by atoms with Crippen LogP contribution in [0.4, 0.5) is 0 Å². The Hall–Kier alpha value is -3.48. The number of hydrogen-bond acceptors (Lipinski definition) is 13. The molecule has 6 rings (SSSR count). The van der Waals surface area contributed by atoms with E-state index in [1.807, 2.05) is 38.4 Å². The summed E-state index contributed by atoms with van der Waals surface area (Å²) in [7, 11) is -3.63. The fourth-order valence-corrected chi connectivity index (χ4v) is 11.5. The molecule has 0 bridgehead atoms. The van der Waals surface area contributed by atoms with Gasteiger partial charge in [-0.3, -0.25) is 9.59 Å². The topological polar surface area (TPSA) is 203 Å². The molecule has 71 heavy (non-hydrogen) atoms. The third-order valence-electron chi connectivity index (χ3n) is 11.6. The molecule has 2 heterocycles. The van der Waals surface area contributed by atoms with Gasteiger partial charge >= 0.3 is 0 Å². The van der Waals surface area contributed by atoms with Gasteiger partial charge < -0.3 is 44.1 Å². The number of ether oxygens (including phenoxy) is 5. The third kappa shape index (κ3) is 17.3. The van der Waals surface area contributed by atoms with Crippen LogP contribution >= 0.6 is 46.4 Å². The summed E-state index contributed by atoms with van der Waals surface area (Å²) in [6, 6.07) is 21.0. The van der Waals surface area contributed by atoms with Crippen LogP contribution in [-0.2, 0) is 66.4 Å². The van der Waals surface area contributed by atoms with Crippen molar-refractivity contribution in [3.05, 3.63) is 126 Å². The molecule has 0 radical (unpaired) electrons. The Kier molecular flexibility index (Phi) is 22.2. The highest BCUT2D eigenvalue weighted by Gasteiger charge is 2.30. The molecule has 4 N–H and O–H groups in total. The number of carbonyl (C=O) groups excluding carboxylic acids is 2. The van der Waals surface area contributed by atoms with E-state index in [4.69, 9.17) is 70.1 Å². The number of hydrogen-bond donors (Lipinski definition) is 4. The molecule has 2 unspecified atom stereocenters. The summed E-state index contributed by atoms with van der Waals surface area (Å²) in [6.07, 6.45) is 0. The molecular weight excluding hydrogens is 1040 g/mol. The lowest BCUT2D eigenvalue weighted by Crippen LogP contribution is -2.34. The Morgan fingerprint density at radius 3 is 1.31 bits per heavy atom. The number of benzene rings is 4. The molecule has 0 aromatic heterocycles. The summed E-state index contributed by atoms with van der Waals surface area (Å²) in [5.41, 5.74) is 5.62. The molecule has 2 aliphatic rings. The number of likely N-dealkylation sites (N-methyl/N-ethyl adjacent to an activating group) is 2. The first-order valence-electron chi connectivity index (χ1n) is 22.9. The molecule has 2 amide bonds. The maximum atomic E-state index is 13.1. The summed E-state index contributed by atoms with van der Waals surface area (Å²) in [6.45, 7) is 4.19. The number of sulfonamides is 2. The molecule has 23 heteroatoms. The largest absolute Gasteiger partial charge is 0.378 e. The van der Waals surface area contributed by atoms with E-state index < -0.39 is 31.9 Å². The molecule has 0 fully saturated rings. The summed E-state index contributed by atoms with van der Waals surface area (Å²) in [4.78, 5) is 28.7. The van der Waals surface area contributed by atoms with Crippen LogP contribution in [0.3, 0.4) is 0 Å². The molecule has 2 atom stereocenters. The second kappa shape index (κ2) is 27.7. The zero-order valence-electron chi connectivity index (χ0n) is 39.5. The lowest BCUT2D eigenvalue weighted by molar-refractivity contribution is -0.131. The van der Waals surface area contributed by atoms with Crippen molar-refractivity contribution < 1.29 is 50.1 Å². The van der Waals surface area contributed by atoms with E-state index in [1.54, 1.807) is 48.5 Å². The van der Waals surface area contributed by atoms with Crippen molar-refractivity contribution in [2.45, 2.75) is 34.7 Å². The fourth-order valence-electron chi connectivity index (χ4n) is 8.23. The van der Waals surface area contributed by atoms with E-state index in [0.29, 0.717) is 46.3 Å². The van der Waals surface area contributed by atoms with Gasteiger partial charge in [-0.25, -0.2) is 26.3 Å². The van der Waals surface area contributed by atoms with E-state index in [1.165, 1.54) is 0 Å². The molecule has 388 valence electrons. The number of halogens is 4. The van der Waals surface area contributed by atoms with Crippen LogP contribution in [0.15, 0.2) is 82.6 Å². The molecule has 4 aromatic rings. The molecular formula is C48H60Cl4N6O11S2. The number of amides is 2. The molecule has 2 aliphatic heterocycles. The highest BCUT2D eigenvalue weighted by molar-refractivity contribution is 7.89. The van der Waals surface area contributed by atoms with Crippen molar-refractivity contribution >= 4 is 78.3 Å². The maximum Gasteiger partial charge on any atom is 0.246 e. The Morgan fingerprint density at radius 2 is 0.915 bits per heavy atom. The quantitative estimate of drug-likeness (QED) is 0.0553. The van der Waals surface area contributed by atoms with Crippen molar-refractivity contribution in [3.8, 4) is 0 Å². The van der Waals surface area contributed by atoms with Crippen molar-refractivity contribution in [1.82, 2.24) is 29.9 Å². The van der Waals surface area contributed by atoms with Gasteiger partial charge in [0.05, 0.1) is 62.6 Å². The zero-order chi connectivity index (χ0) is 51.0. The monoisotopic (exact) mass is 1100 g/mol. The van der Waals surface area contributed by atoms with Crippen LogP contribution in [0.5, 0.6) is 0 Å². The van der Waals surface area contributed by atoms with Crippen molar-refractivity contribution in [1.29, 1.82) is 0 Å². The predicted octanol–water partition coefficient (Wildman–Crippen LogP) is 5.03. The van der Waals surface area contributed by atoms with Gasteiger partial charge in [-0.1, -0.05) is 70.7 Å². The van der Waals surface area contributed by atoms with Gasteiger partial charge in [0.1, 0.15) is 13.2 Å². The van der Waals surface area contributed by atoms with E-state index in [-0.39, 0.29) is 114 Å². The van der Waals surface area contributed by atoms with Crippen molar-refractivity contribution in [2.75, 3.05) is 119 Å². The lowest BCUT2D eigenvalue weighted by atomic mass is 9.85. The second-order valence-electron chi connectivity index (χ2n) is 17.0. The Balaban J connectivity index is 0.733. The van der Waals surface area contributed by atoms with E-state index in [0.717, 1.165) is 33.4 Å². The van der Waals surface area contributed by atoms with Crippen LogP contribution in [0.25, 0.3) is 0 Å². The third-order valence-corrected chi connectivity index (χ3v) is 15.6. The normalized spacial score (nSPS) is 16.4. The standard InChI is InChI=1S/C48H60Cl4N6O11S2/c1-57-27-41(39-23-35(49)25-45(51)43(39)29-57)33-5-3-7-37(21-33)70(61,62)55-11-15-67-19-17-65-13-9-53-47(59)31-69-32-48(60)54-10-14-66-18-20-68-16-12-56-71(63,64)38-8-4-6-34(22-38)42-28-58(2)30-44-40(42)24-36(50)26-46(44)52/h3-8,21-26,41-42,55-56H,9-20,27-32H2,1-2H3,(H,53,59)(H,54,60). The van der Waals surface area contributed by atoms with Crippen LogP contribution in [0, 0.1) is 0 Å². The van der Waals surface area contributed by atoms with Gasteiger partial charge in [0.15, 0.2) is 0 Å². The Labute approximate surface area is 436 Å². The number of nitrogens with zero attached hydrogens (tertiary/aromatic N) is 2. The van der Waals surface area contributed by atoms with E-state index >= 15 is 0 Å². The number of nitrogens with one attached hydrogen (secondary N) is 4. The summed E-state index contributed by atoms with van der Waals surface area (Å²) in [5.74, 6) is -1.05. The first-order valence-corrected chi connectivity index (χ1v) is 27.4. The smallest absolute Gasteiger partial charge is 0.246 e. The molecule has 0 saturated carbocycles. The minimum Gasteiger partial charge on any atom is -0.378 e. The van der Waals surface area contributed by atoms with Gasteiger partial charge in [0, 0.05) is 84.3 Å².